The van der Waals surface area contributed by atoms with E-state index in [-0.39, 0.29) is 6.61 Å². The van der Waals surface area contributed by atoms with Crippen LogP contribution in [0.1, 0.15) is 25.7 Å². The summed E-state index contributed by atoms with van der Waals surface area (Å²) < 4.78 is 5.15. The molecule has 0 aliphatic heterocycles. The van der Waals surface area contributed by atoms with E-state index in [0.717, 1.165) is 12.8 Å². The first-order valence-corrected chi connectivity index (χ1v) is 4.34. The topological polar surface area (TPSA) is 77.0 Å². The van der Waals surface area contributed by atoms with Crippen molar-refractivity contribution in [2.75, 3.05) is 13.2 Å². The van der Waals surface area contributed by atoms with E-state index in [2.05, 4.69) is 0 Å². The van der Waals surface area contributed by atoms with Gasteiger partial charge in [-0.2, -0.15) is 10.5 Å². The van der Waals surface area contributed by atoms with Crippen molar-refractivity contribution in [1.29, 1.82) is 10.5 Å². The maximum absolute atomic E-state index is 8.53. The summed E-state index contributed by atoms with van der Waals surface area (Å²) >= 11 is 0. The van der Waals surface area contributed by atoms with Crippen molar-refractivity contribution in [2.24, 2.45) is 0 Å². The van der Waals surface area contributed by atoms with Crippen molar-refractivity contribution < 1.29 is 9.84 Å². The highest BCUT2D eigenvalue weighted by atomic mass is 16.5. The summed E-state index contributed by atoms with van der Waals surface area (Å²) in [5, 5.41) is 25.3. The van der Waals surface area contributed by atoms with Gasteiger partial charge in [0, 0.05) is 26.1 Å². The van der Waals surface area contributed by atoms with Gasteiger partial charge in [0.05, 0.1) is 12.1 Å². The Balaban J connectivity index is 3.30. The molecular formula is C9H14N2O2. The van der Waals surface area contributed by atoms with E-state index >= 15 is 0 Å². The van der Waals surface area contributed by atoms with Crippen LogP contribution in [0.25, 0.3) is 0 Å². The second-order valence-corrected chi connectivity index (χ2v) is 2.62. The molecule has 72 valence electrons. The molecule has 1 atom stereocenters. The number of unbranched alkanes of at least 4 members (excludes halogenated alkanes) is 2. The molecule has 0 heterocycles. The van der Waals surface area contributed by atoms with Gasteiger partial charge in [-0.3, -0.25) is 0 Å². The number of ether oxygens (including phenoxy) is 1. The summed E-state index contributed by atoms with van der Waals surface area (Å²) in [6, 6.07) is 3.98. The summed E-state index contributed by atoms with van der Waals surface area (Å²) in [5.74, 6) is 0. The van der Waals surface area contributed by atoms with Crippen molar-refractivity contribution in [3.05, 3.63) is 0 Å². The number of aliphatic hydroxyl groups is 1. The quantitative estimate of drug-likeness (QED) is 0.595. The number of nitriles is 2. The summed E-state index contributed by atoms with van der Waals surface area (Å²) in [6.07, 6.45) is 1.97. The summed E-state index contributed by atoms with van der Waals surface area (Å²) in [4.78, 5) is 0. The van der Waals surface area contributed by atoms with Gasteiger partial charge in [0.25, 0.3) is 0 Å². The lowest BCUT2D eigenvalue weighted by atomic mass is 10.2. The number of hydrogen-bond acceptors (Lipinski definition) is 4. The van der Waals surface area contributed by atoms with Gasteiger partial charge in [0.15, 0.2) is 0 Å². The van der Waals surface area contributed by atoms with Gasteiger partial charge in [-0.05, 0) is 12.8 Å². The first-order chi connectivity index (χ1) is 6.35. The number of nitrogens with zero attached hydrogens (tertiary/aromatic N) is 2. The molecule has 4 nitrogen and oxygen atoms in total. The van der Waals surface area contributed by atoms with E-state index in [9.17, 15) is 0 Å². The fourth-order valence-corrected chi connectivity index (χ4v) is 0.834. The lowest BCUT2D eigenvalue weighted by molar-refractivity contribution is 0.0686. The third-order valence-corrected chi connectivity index (χ3v) is 1.54. The normalized spacial score (nSPS) is 11.6. The van der Waals surface area contributed by atoms with E-state index in [4.69, 9.17) is 20.4 Å². The Bertz CT molecular complexity index is 193. The van der Waals surface area contributed by atoms with Gasteiger partial charge in [-0.1, -0.05) is 0 Å². The van der Waals surface area contributed by atoms with Gasteiger partial charge in [0.2, 0.25) is 0 Å². The van der Waals surface area contributed by atoms with Crippen LogP contribution < -0.4 is 0 Å². The van der Waals surface area contributed by atoms with Gasteiger partial charge >= 0.3 is 0 Å². The van der Waals surface area contributed by atoms with Gasteiger partial charge in [-0.25, -0.2) is 0 Å². The van der Waals surface area contributed by atoms with Crippen molar-refractivity contribution in [3.63, 3.8) is 0 Å². The van der Waals surface area contributed by atoms with Crippen molar-refractivity contribution in [2.45, 2.75) is 31.8 Å². The molecule has 0 spiro atoms. The molecule has 0 amide bonds. The molecule has 1 unspecified atom stereocenters. The third kappa shape index (κ3) is 7.27. The Morgan fingerprint density at radius 1 is 1.31 bits per heavy atom. The van der Waals surface area contributed by atoms with E-state index in [1.165, 1.54) is 0 Å². The number of aliphatic hydroxyl groups excluding tert-OH is 1. The van der Waals surface area contributed by atoms with Crippen LogP contribution >= 0.6 is 0 Å². The largest absolute Gasteiger partial charge is 0.396 e. The lowest BCUT2D eigenvalue weighted by Gasteiger charge is -2.07. The zero-order chi connectivity index (χ0) is 9.94. The van der Waals surface area contributed by atoms with Crippen LogP contribution in [0.5, 0.6) is 0 Å². The third-order valence-electron chi connectivity index (χ3n) is 1.54. The molecule has 0 rings (SSSR count). The van der Waals surface area contributed by atoms with E-state index < -0.39 is 6.10 Å². The molecule has 0 radical (unpaired) electrons. The van der Waals surface area contributed by atoms with Crippen LogP contribution in [0.2, 0.25) is 0 Å². The van der Waals surface area contributed by atoms with Gasteiger partial charge in [-0.15, -0.1) is 0 Å². The molecule has 0 bridgehead atoms. The van der Waals surface area contributed by atoms with Crippen molar-refractivity contribution >= 4 is 0 Å². The summed E-state index contributed by atoms with van der Waals surface area (Å²) in [5.41, 5.74) is 0. The molecule has 0 aromatic carbocycles. The zero-order valence-corrected chi connectivity index (χ0v) is 7.57. The van der Waals surface area contributed by atoms with Gasteiger partial charge < -0.3 is 9.84 Å². The molecule has 0 saturated carbocycles. The van der Waals surface area contributed by atoms with Crippen LogP contribution in [0, 0.1) is 22.7 Å². The lowest BCUT2D eigenvalue weighted by Crippen LogP contribution is -2.12. The fraction of sp³-hybridized carbons (Fsp3) is 0.778. The van der Waals surface area contributed by atoms with Crippen molar-refractivity contribution in [1.82, 2.24) is 0 Å². The molecule has 0 aromatic heterocycles. The highest BCUT2D eigenvalue weighted by molar-refractivity contribution is 4.83. The van der Waals surface area contributed by atoms with Crippen LogP contribution in [0.4, 0.5) is 0 Å². The Labute approximate surface area is 78.4 Å². The highest BCUT2D eigenvalue weighted by Crippen LogP contribution is 2.00. The number of rotatable bonds is 7. The van der Waals surface area contributed by atoms with Crippen molar-refractivity contribution in [3.8, 4) is 12.1 Å². The minimum absolute atomic E-state index is 0.0313. The highest BCUT2D eigenvalue weighted by Gasteiger charge is 2.05. The zero-order valence-electron chi connectivity index (χ0n) is 7.57. The van der Waals surface area contributed by atoms with E-state index in [0.29, 0.717) is 19.4 Å². The fourth-order valence-electron chi connectivity index (χ4n) is 0.834. The maximum atomic E-state index is 8.53. The Kier molecular flexibility index (Phi) is 8.23. The second-order valence-electron chi connectivity index (χ2n) is 2.62. The Morgan fingerprint density at radius 3 is 2.62 bits per heavy atom. The average Bonchev–Trinajstić information content (AvgIpc) is 2.16. The molecule has 0 fully saturated rings. The molecule has 1 N–H and O–H groups in total. The van der Waals surface area contributed by atoms with Crippen LogP contribution in [0.3, 0.4) is 0 Å². The molecule has 13 heavy (non-hydrogen) atoms. The SMILES string of the molecule is N#CCCCCOC(C#N)CCO. The molecule has 4 heteroatoms. The minimum Gasteiger partial charge on any atom is -0.396 e. The number of hydrogen-bond donors (Lipinski definition) is 1. The van der Waals surface area contributed by atoms with Gasteiger partial charge in [0.1, 0.15) is 6.10 Å². The molecular weight excluding hydrogens is 168 g/mol. The average molecular weight is 182 g/mol. The standard InChI is InChI=1S/C9H14N2O2/c10-5-2-1-3-7-13-9(8-11)4-6-12/h9,12H,1-4,6-7H2. The van der Waals surface area contributed by atoms with Crippen LogP contribution in [0.15, 0.2) is 0 Å². The summed E-state index contributed by atoms with van der Waals surface area (Å²) in [7, 11) is 0. The van der Waals surface area contributed by atoms with Crippen LogP contribution in [-0.4, -0.2) is 24.4 Å². The van der Waals surface area contributed by atoms with E-state index in [1.54, 1.807) is 0 Å². The molecule has 0 saturated heterocycles. The smallest absolute Gasteiger partial charge is 0.146 e. The predicted octanol–water partition coefficient (Wildman–Crippen LogP) is 0.971. The molecule has 0 aliphatic carbocycles. The minimum atomic E-state index is -0.507. The first kappa shape index (κ1) is 11.9. The maximum Gasteiger partial charge on any atom is 0.146 e. The van der Waals surface area contributed by atoms with Crippen LogP contribution in [-0.2, 0) is 4.74 Å². The first-order valence-electron chi connectivity index (χ1n) is 4.34. The monoisotopic (exact) mass is 182 g/mol. The Hall–Kier alpha value is -1.10. The predicted molar refractivity (Wildman–Crippen MR) is 46.5 cm³/mol. The molecule has 0 aliphatic rings. The molecule has 0 aromatic rings. The van der Waals surface area contributed by atoms with E-state index in [1.807, 2.05) is 12.1 Å². The Morgan fingerprint density at radius 2 is 2.08 bits per heavy atom. The second kappa shape index (κ2) is 8.99. The summed E-state index contributed by atoms with van der Waals surface area (Å²) in [6.45, 7) is 0.455.